The van der Waals surface area contributed by atoms with Gasteiger partial charge in [-0.15, -0.1) is 0 Å². The molecule has 0 aliphatic heterocycles. The molecule has 0 spiro atoms. The minimum atomic E-state index is -0.550. The Morgan fingerprint density at radius 2 is 0.875 bits per heavy atom. The standard InChI is InChI=1S/C17H32N2O5/c1-11(2)18(12(3)4)16(21)23-9-15(20)10-24-17(22)19(13(5)6)14(7)8/h11-14H,9-10H2,1-8H3. The van der Waals surface area contributed by atoms with Crippen molar-refractivity contribution in [3.05, 3.63) is 0 Å². The Hall–Kier alpha value is -1.79. The molecule has 0 saturated heterocycles. The average molecular weight is 344 g/mol. The van der Waals surface area contributed by atoms with Crippen molar-refractivity contribution in [3.8, 4) is 0 Å². The first-order chi connectivity index (χ1) is 11.0. The van der Waals surface area contributed by atoms with Crippen LogP contribution in [0.15, 0.2) is 0 Å². The summed E-state index contributed by atoms with van der Waals surface area (Å²) in [7, 11) is 0. The van der Waals surface area contributed by atoms with E-state index in [1.165, 1.54) is 0 Å². The van der Waals surface area contributed by atoms with Gasteiger partial charge in [0.15, 0.2) is 13.2 Å². The summed E-state index contributed by atoms with van der Waals surface area (Å²) in [6.45, 7) is 14.2. The smallest absolute Gasteiger partial charge is 0.410 e. The van der Waals surface area contributed by atoms with E-state index in [0.717, 1.165) is 0 Å². The van der Waals surface area contributed by atoms with Gasteiger partial charge in [0.05, 0.1) is 0 Å². The minimum Gasteiger partial charge on any atom is -0.441 e. The monoisotopic (exact) mass is 344 g/mol. The van der Waals surface area contributed by atoms with Crippen LogP contribution < -0.4 is 0 Å². The summed E-state index contributed by atoms with van der Waals surface area (Å²) < 4.78 is 10.0. The van der Waals surface area contributed by atoms with Gasteiger partial charge in [0.25, 0.3) is 0 Å². The van der Waals surface area contributed by atoms with Crippen molar-refractivity contribution in [2.45, 2.75) is 79.6 Å². The van der Waals surface area contributed by atoms with Crippen LogP contribution in [0, 0.1) is 0 Å². The lowest BCUT2D eigenvalue weighted by atomic mass is 10.2. The summed E-state index contributed by atoms with van der Waals surface area (Å²) in [6, 6.07) is -0.126. The van der Waals surface area contributed by atoms with Gasteiger partial charge in [0, 0.05) is 24.2 Å². The Bertz CT molecular complexity index is 379. The van der Waals surface area contributed by atoms with E-state index in [0.29, 0.717) is 0 Å². The lowest BCUT2D eigenvalue weighted by Gasteiger charge is -2.30. The number of Topliss-reactive ketones (excluding diaryl/α,β-unsaturated/α-hetero) is 1. The molecule has 0 unspecified atom stereocenters. The fraction of sp³-hybridized carbons (Fsp3) is 0.824. The fourth-order valence-electron chi connectivity index (χ4n) is 2.51. The Labute approximate surface area is 145 Å². The van der Waals surface area contributed by atoms with Crippen LogP contribution in [0.1, 0.15) is 55.4 Å². The Kier molecular flexibility index (Phi) is 9.40. The van der Waals surface area contributed by atoms with Crippen LogP contribution in [0.3, 0.4) is 0 Å². The summed E-state index contributed by atoms with van der Waals surface area (Å²) in [4.78, 5) is 38.8. The van der Waals surface area contributed by atoms with Gasteiger partial charge >= 0.3 is 12.2 Å². The van der Waals surface area contributed by atoms with E-state index in [2.05, 4.69) is 0 Å². The van der Waals surface area contributed by atoms with Crippen molar-refractivity contribution in [2.24, 2.45) is 0 Å². The van der Waals surface area contributed by atoms with Gasteiger partial charge < -0.3 is 19.3 Å². The third-order valence-corrected chi connectivity index (χ3v) is 3.36. The molecule has 0 saturated carbocycles. The van der Waals surface area contributed by atoms with E-state index in [4.69, 9.17) is 9.47 Å². The lowest BCUT2D eigenvalue weighted by molar-refractivity contribution is -0.125. The predicted octanol–water partition coefficient (Wildman–Crippen LogP) is 3.07. The molecular weight excluding hydrogens is 312 g/mol. The highest BCUT2D eigenvalue weighted by molar-refractivity contribution is 5.85. The largest absolute Gasteiger partial charge is 0.441 e. The Morgan fingerprint density at radius 3 is 1.08 bits per heavy atom. The second kappa shape index (κ2) is 10.2. The topological polar surface area (TPSA) is 76.1 Å². The molecule has 0 aromatic heterocycles. The number of amides is 2. The number of hydrogen-bond acceptors (Lipinski definition) is 5. The summed E-state index contributed by atoms with van der Waals surface area (Å²) in [6.07, 6.45) is -1.10. The number of hydrogen-bond donors (Lipinski definition) is 0. The van der Waals surface area contributed by atoms with Gasteiger partial charge in [-0.1, -0.05) is 0 Å². The predicted molar refractivity (Wildman–Crippen MR) is 91.9 cm³/mol. The number of carbonyl (C=O) groups excluding carboxylic acids is 3. The zero-order valence-electron chi connectivity index (χ0n) is 16.2. The maximum Gasteiger partial charge on any atom is 0.410 e. The van der Waals surface area contributed by atoms with Crippen molar-refractivity contribution in [2.75, 3.05) is 13.2 Å². The van der Waals surface area contributed by atoms with Crippen molar-refractivity contribution >= 4 is 18.0 Å². The van der Waals surface area contributed by atoms with Crippen LogP contribution in [0.5, 0.6) is 0 Å². The van der Waals surface area contributed by atoms with Crippen LogP contribution in [0.25, 0.3) is 0 Å². The molecule has 2 amide bonds. The van der Waals surface area contributed by atoms with Crippen LogP contribution in [-0.4, -0.2) is 65.2 Å². The van der Waals surface area contributed by atoms with Crippen molar-refractivity contribution < 1.29 is 23.9 Å². The number of rotatable bonds is 8. The lowest BCUT2D eigenvalue weighted by Crippen LogP contribution is -2.44. The molecule has 0 aromatic rings. The van der Waals surface area contributed by atoms with Crippen LogP contribution in [-0.2, 0) is 14.3 Å². The molecule has 0 atom stereocenters. The third-order valence-electron chi connectivity index (χ3n) is 3.36. The van der Waals surface area contributed by atoms with Crippen molar-refractivity contribution in [1.29, 1.82) is 0 Å². The highest BCUT2D eigenvalue weighted by atomic mass is 16.6. The molecule has 0 aromatic carbocycles. The summed E-state index contributed by atoms with van der Waals surface area (Å²) in [5.74, 6) is -0.461. The van der Waals surface area contributed by atoms with Crippen LogP contribution in [0.4, 0.5) is 9.59 Å². The third kappa shape index (κ3) is 7.19. The molecule has 24 heavy (non-hydrogen) atoms. The molecular formula is C17H32N2O5. The van der Waals surface area contributed by atoms with E-state index in [1.54, 1.807) is 9.80 Å². The normalized spacial score (nSPS) is 11.2. The number of ketones is 1. The van der Waals surface area contributed by atoms with Crippen LogP contribution >= 0.6 is 0 Å². The Morgan fingerprint density at radius 1 is 0.625 bits per heavy atom. The number of ether oxygens (including phenoxy) is 2. The number of carbonyl (C=O) groups is 3. The van der Waals surface area contributed by atoms with E-state index in [-0.39, 0.29) is 24.2 Å². The minimum absolute atomic E-state index is 0.0314. The van der Waals surface area contributed by atoms with Crippen LogP contribution in [0.2, 0.25) is 0 Å². The maximum absolute atomic E-state index is 12.0. The molecule has 0 radical (unpaired) electrons. The van der Waals surface area contributed by atoms with Gasteiger partial charge in [-0.25, -0.2) is 9.59 Å². The highest BCUT2D eigenvalue weighted by Gasteiger charge is 2.24. The van der Waals surface area contributed by atoms with Crippen molar-refractivity contribution in [3.63, 3.8) is 0 Å². The quantitative estimate of drug-likeness (QED) is 0.676. The molecule has 0 fully saturated rings. The number of nitrogens with zero attached hydrogens (tertiary/aromatic N) is 2. The van der Waals surface area contributed by atoms with E-state index in [1.807, 2.05) is 55.4 Å². The zero-order chi connectivity index (χ0) is 19.0. The SMILES string of the molecule is CC(C)N(C(=O)OCC(=O)COC(=O)N(C(C)C)C(C)C)C(C)C. The summed E-state index contributed by atoms with van der Waals surface area (Å²) in [5.41, 5.74) is 0. The van der Waals surface area contributed by atoms with Gasteiger partial charge in [0.2, 0.25) is 5.78 Å². The van der Waals surface area contributed by atoms with Gasteiger partial charge in [-0.05, 0) is 55.4 Å². The van der Waals surface area contributed by atoms with Gasteiger partial charge in [-0.2, -0.15) is 0 Å². The van der Waals surface area contributed by atoms with E-state index < -0.39 is 31.2 Å². The second-order valence-electron chi connectivity index (χ2n) is 6.84. The van der Waals surface area contributed by atoms with E-state index in [9.17, 15) is 14.4 Å². The molecule has 7 heteroatoms. The highest BCUT2D eigenvalue weighted by Crippen LogP contribution is 2.09. The molecule has 140 valence electrons. The van der Waals surface area contributed by atoms with E-state index >= 15 is 0 Å². The summed E-state index contributed by atoms with van der Waals surface area (Å²) in [5, 5.41) is 0. The molecule has 0 heterocycles. The molecule has 0 aliphatic rings. The fourth-order valence-corrected chi connectivity index (χ4v) is 2.51. The molecule has 7 nitrogen and oxygen atoms in total. The van der Waals surface area contributed by atoms with Crippen molar-refractivity contribution in [1.82, 2.24) is 9.80 Å². The molecule has 0 rings (SSSR count). The average Bonchev–Trinajstić information content (AvgIpc) is 2.41. The molecule has 0 N–H and O–H groups in total. The summed E-state index contributed by atoms with van der Waals surface area (Å²) >= 11 is 0. The second-order valence-corrected chi connectivity index (χ2v) is 6.84. The molecule has 0 bridgehead atoms. The van der Waals surface area contributed by atoms with Gasteiger partial charge in [0.1, 0.15) is 0 Å². The first-order valence-electron chi connectivity index (χ1n) is 8.40. The first-order valence-corrected chi connectivity index (χ1v) is 8.40. The first kappa shape index (κ1) is 22.2. The van der Waals surface area contributed by atoms with Gasteiger partial charge in [-0.3, -0.25) is 4.79 Å². The Balaban J connectivity index is 4.41. The zero-order valence-corrected chi connectivity index (χ0v) is 16.2. The maximum atomic E-state index is 12.0. The molecule has 0 aliphatic carbocycles.